The molecular formula is C16H21ClN2O2. The number of aromatic nitrogens is 2. The van der Waals surface area contributed by atoms with Gasteiger partial charge in [0.05, 0.1) is 11.8 Å². The first-order valence-corrected chi connectivity index (χ1v) is 7.62. The van der Waals surface area contributed by atoms with Crippen molar-refractivity contribution in [1.29, 1.82) is 0 Å². The van der Waals surface area contributed by atoms with Crippen LogP contribution in [0.3, 0.4) is 0 Å². The molecule has 0 spiro atoms. The summed E-state index contributed by atoms with van der Waals surface area (Å²) in [4.78, 5) is 0. The number of rotatable bonds is 7. The molecule has 0 fully saturated rings. The van der Waals surface area contributed by atoms with Crippen molar-refractivity contribution in [1.82, 2.24) is 9.78 Å². The molecular weight excluding hydrogens is 288 g/mol. The first-order valence-electron chi connectivity index (χ1n) is 7.24. The third-order valence-electron chi connectivity index (χ3n) is 3.28. The Morgan fingerprint density at radius 3 is 2.62 bits per heavy atom. The highest BCUT2D eigenvalue weighted by atomic mass is 35.5. The van der Waals surface area contributed by atoms with Gasteiger partial charge in [-0.25, -0.2) is 0 Å². The molecule has 114 valence electrons. The number of nitrogens with zero attached hydrogens (tertiary/aromatic N) is 2. The molecule has 0 saturated heterocycles. The molecule has 21 heavy (non-hydrogen) atoms. The minimum Gasteiger partial charge on any atom is -0.491 e. The maximum absolute atomic E-state index is 10.1. The standard InChI is InChI=1S/C16H21ClN2O2/c1-3-13-9-14(19(4-2)18-13)10-15(20)11-21-16-7-5-12(17)6-8-16/h5-9,15,20H,3-4,10-11H2,1-2H3. The SMILES string of the molecule is CCc1cc(CC(O)COc2ccc(Cl)cc2)n(CC)n1. The third kappa shape index (κ3) is 4.48. The van der Waals surface area contributed by atoms with Crippen LogP contribution in [-0.2, 0) is 19.4 Å². The molecule has 1 atom stereocenters. The number of hydrogen-bond acceptors (Lipinski definition) is 3. The quantitative estimate of drug-likeness (QED) is 0.855. The van der Waals surface area contributed by atoms with E-state index in [4.69, 9.17) is 16.3 Å². The average Bonchev–Trinajstić information content (AvgIpc) is 2.89. The maximum atomic E-state index is 10.1. The van der Waals surface area contributed by atoms with Crippen LogP contribution in [-0.4, -0.2) is 27.6 Å². The van der Waals surface area contributed by atoms with E-state index in [1.165, 1.54) is 0 Å². The Morgan fingerprint density at radius 1 is 1.29 bits per heavy atom. The normalized spacial score (nSPS) is 12.4. The molecule has 1 N–H and O–H groups in total. The van der Waals surface area contributed by atoms with Crippen molar-refractivity contribution < 1.29 is 9.84 Å². The van der Waals surface area contributed by atoms with E-state index < -0.39 is 6.10 Å². The maximum Gasteiger partial charge on any atom is 0.119 e. The zero-order valence-electron chi connectivity index (χ0n) is 12.4. The van der Waals surface area contributed by atoms with Gasteiger partial charge in [-0.2, -0.15) is 5.10 Å². The van der Waals surface area contributed by atoms with Gasteiger partial charge in [0.2, 0.25) is 0 Å². The largest absolute Gasteiger partial charge is 0.491 e. The highest BCUT2D eigenvalue weighted by Gasteiger charge is 2.12. The molecule has 0 radical (unpaired) electrons. The molecule has 1 aromatic heterocycles. The smallest absolute Gasteiger partial charge is 0.119 e. The van der Waals surface area contributed by atoms with Crippen molar-refractivity contribution in [3.63, 3.8) is 0 Å². The van der Waals surface area contributed by atoms with Gasteiger partial charge in [0.15, 0.2) is 0 Å². The number of ether oxygens (including phenoxy) is 1. The summed E-state index contributed by atoms with van der Waals surface area (Å²) in [6, 6.07) is 9.17. The van der Waals surface area contributed by atoms with Crippen LogP contribution in [0.5, 0.6) is 5.75 Å². The Balaban J connectivity index is 1.90. The van der Waals surface area contributed by atoms with Gasteiger partial charge in [-0.3, -0.25) is 4.68 Å². The predicted octanol–water partition coefficient (Wildman–Crippen LogP) is 3.10. The first kappa shape index (κ1) is 15.9. The summed E-state index contributed by atoms with van der Waals surface area (Å²) in [7, 11) is 0. The lowest BCUT2D eigenvalue weighted by Gasteiger charge is -2.13. The van der Waals surface area contributed by atoms with Crippen molar-refractivity contribution in [2.45, 2.75) is 39.3 Å². The second-order valence-electron chi connectivity index (χ2n) is 4.92. The van der Waals surface area contributed by atoms with Crippen molar-refractivity contribution in [3.05, 3.63) is 46.7 Å². The number of aliphatic hydroxyl groups is 1. The highest BCUT2D eigenvalue weighted by molar-refractivity contribution is 6.30. The summed E-state index contributed by atoms with van der Waals surface area (Å²) in [5, 5.41) is 15.3. The lowest BCUT2D eigenvalue weighted by molar-refractivity contribution is 0.106. The van der Waals surface area contributed by atoms with Crippen LogP contribution < -0.4 is 4.74 Å². The molecule has 0 aliphatic heterocycles. The molecule has 0 saturated carbocycles. The van der Waals surface area contributed by atoms with Crippen LogP contribution in [0.25, 0.3) is 0 Å². The third-order valence-corrected chi connectivity index (χ3v) is 3.53. The molecule has 0 bridgehead atoms. The molecule has 1 unspecified atom stereocenters. The summed E-state index contributed by atoms with van der Waals surface area (Å²) in [6.45, 7) is 5.18. The van der Waals surface area contributed by atoms with Crippen molar-refractivity contribution >= 4 is 11.6 Å². The number of halogens is 1. The van der Waals surface area contributed by atoms with Crippen LogP contribution in [0.1, 0.15) is 25.2 Å². The molecule has 0 aliphatic rings. The molecule has 2 rings (SSSR count). The van der Waals surface area contributed by atoms with Crippen LogP contribution in [0.2, 0.25) is 5.02 Å². The van der Waals surface area contributed by atoms with Crippen molar-refractivity contribution in [3.8, 4) is 5.75 Å². The van der Waals surface area contributed by atoms with Crippen LogP contribution in [0, 0.1) is 0 Å². The fourth-order valence-electron chi connectivity index (χ4n) is 2.15. The Labute approximate surface area is 130 Å². The van der Waals surface area contributed by atoms with Gasteiger partial charge in [-0.1, -0.05) is 18.5 Å². The molecule has 5 heteroatoms. The van der Waals surface area contributed by atoms with E-state index in [9.17, 15) is 5.11 Å². The van der Waals surface area contributed by atoms with E-state index in [0.29, 0.717) is 17.2 Å². The van der Waals surface area contributed by atoms with Gasteiger partial charge in [-0.05, 0) is 43.7 Å². The van der Waals surface area contributed by atoms with Gasteiger partial charge in [0.25, 0.3) is 0 Å². The zero-order chi connectivity index (χ0) is 15.2. The lowest BCUT2D eigenvalue weighted by atomic mass is 10.2. The highest BCUT2D eigenvalue weighted by Crippen LogP contribution is 2.16. The zero-order valence-corrected chi connectivity index (χ0v) is 13.2. The summed E-state index contributed by atoms with van der Waals surface area (Å²) in [5.74, 6) is 0.705. The van der Waals surface area contributed by atoms with E-state index in [1.807, 2.05) is 11.6 Å². The summed E-state index contributed by atoms with van der Waals surface area (Å²) >= 11 is 5.82. The van der Waals surface area contributed by atoms with E-state index in [0.717, 1.165) is 24.4 Å². The van der Waals surface area contributed by atoms with Gasteiger partial charge in [0.1, 0.15) is 12.4 Å². The topological polar surface area (TPSA) is 47.3 Å². The van der Waals surface area contributed by atoms with Gasteiger partial charge >= 0.3 is 0 Å². The Morgan fingerprint density at radius 2 is 2.00 bits per heavy atom. The number of aliphatic hydroxyl groups excluding tert-OH is 1. The fourth-order valence-corrected chi connectivity index (χ4v) is 2.28. The van der Waals surface area contributed by atoms with Crippen molar-refractivity contribution in [2.75, 3.05) is 6.61 Å². The predicted molar refractivity (Wildman–Crippen MR) is 83.9 cm³/mol. The minimum atomic E-state index is -0.563. The van der Waals surface area contributed by atoms with Crippen LogP contribution in [0.4, 0.5) is 0 Å². The van der Waals surface area contributed by atoms with Crippen LogP contribution >= 0.6 is 11.6 Å². The number of hydrogen-bond donors (Lipinski definition) is 1. The van der Waals surface area contributed by atoms with E-state index in [2.05, 4.69) is 18.1 Å². The lowest BCUT2D eigenvalue weighted by Crippen LogP contribution is -2.21. The van der Waals surface area contributed by atoms with E-state index >= 15 is 0 Å². The molecule has 0 aliphatic carbocycles. The first-order chi connectivity index (χ1) is 10.1. The van der Waals surface area contributed by atoms with E-state index in [-0.39, 0.29) is 6.61 Å². The van der Waals surface area contributed by atoms with Gasteiger partial charge in [0, 0.05) is 23.7 Å². The second-order valence-corrected chi connectivity index (χ2v) is 5.36. The minimum absolute atomic E-state index is 0.248. The molecule has 4 nitrogen and oxygen atoms in total. The van der Waals surface area contributed by atoms with Crippen LogP contribution in [0.15, 0.2) is 30.3 Å². The molecule has 1 aromatic carbocycles. The van der Waals surface area contributed by atoms with Gasteiger partial charge in [-0.15, -0.1) is 0 Å². The molecule has 1 heterocycles. The summed E-state index contributed by atoms with van der Waals surface area (Å²) in [5.41, 5.74) is 2.10. The Bertz CT molecular complexity index is 566. The fraction of sp³-hybridized carbons (Fsp3) is 0.438. The Hall–Kier alpha value is -1.52. The number of aryl methyl sites for hydroxylation is 2. The Kier molecular flexibility index (Phi) is 5.65. The van der Waals surface area contributed by atoms with Crippen molar-refractivity contribution in [2.24, 2.45) is 0 Å². The number of benzene rings is 1. The van der Waals surface area contributed by atoms with E-state index in [1.54, 1.807) is 24.3 Å². The molecule has 2 aromatic rings. The van der Waals surface area contributed by atoms with Gasteiger partial charge < -0.3 is 9.84 Å². The second kappa shape index (κ2) is 7.48. The summed E-state index contributed by atoms with van der Waals surface area (Å²) in [6.07, 6.45) is 0.874. The average molecular weight is 309 g/mol. The summed E-state index contributed by atoms with van der Waals surface area (Å²) < 4.78 is 7.50. The molecule has 0 amide bonds. The monoisotopic (exact) mass is 308 g/mol.